The maximum Gasteiger partial charge on any atom is 0.243 e. The summed E-state index contributed by atoms with van der Waals surface area (Å²) in [5, 5.41) is 10.2. The van der Waals surface area contributed by atoms with Gasteiger partial charge in [0.05, 0.1) is 4.90 Å². The van der Waals surface area contributed by atoms with E-state index >= 15 is 0 Å². The highest BCUT2D eigenvalue weighted by Gasteiger charge is 2.29. The van der Waals surface area contributed by atoms with Crippen molar-refractivity contribution in [2.24, 2.45) is 0 Å². The maximum atomic E-state index is 12.8. The largest absolute Gasteiger partial charge is 0.507 e. The standard InChI is InChI=1S/C18H19BrN2O5S/c19-14-2-1-3-15(9-14)27(23,24)21-6-4-20(5-7-21)11-13-8-17-18(10-16(13)22)26-12-25-17/h1-3,8-10,22H,4-7,11-12H2. The van der Waals surface area contributed by atoms with Crippen molar-refractivity contribution in [1.82, 2.24) is 9.21 Å². The molecule has 1 saturated heterocycles. The summed E-state index contributed by atoms with van der Waals surface area (Å²) in [4.78, 5) is 2.41. The number of nitrogens with zero attached hydrogens (tertiary/aromatic N) is 2. The van der Waals surface area contributed by atoms with E-state index in [2.05, 4.69) is 20.8 Å². The number of phenolic OH excluding ortho intramolecular Hbond substituents is 1. The minimum atomic E-state index is -3.51. The van der Waals surface area contributed by atoms with Crippen LogP contribution in [0.4, 0.5) is 0 Å². The van der Waals surface area contributed by atoms with E-state index in [1.807, 2.05) is 0 Å². The van der Waals surface area contributed by atoms with Crippen LogP contribution in [0.25, 0.3) is 0 Å². The summed E-state index contributed by atoms with van der Waals surface area (Å²) in [5.74, 6) is 1.32. The highest BCUT2D eigenvalue weighted by molar-refractivity contribution is 9.10. The first-order chi connectivity index (χ1) is 12.9. The van der Waals surface area contributed by atoms with E-state index in [0.29, 0.717) is 49.1 Å². The number of phenols is 1. The van der Waals surface area contributed by atoms with E-state index in [4.69, 9.17) is 9.47 Å². The summed E-state index contributed by atoms with van der Waals surface area (Å²) in [6.07, 6.45) is 0. The number of ether oxygens (including phenoxy) is 2. The molecule has 4 rings (SSSR count). The number of fused-ring (bicyclic) bond motifs is 1. The molecule has 0 unspecified atom stereocenters. The molecule has 0 saturated carbocycles. The number of rotatable bonds is 4. The lowest BCUT2D eigenvalue weighted by Gasteiger charge is -2.34. The van der Waals surface area contributed by atoms with Crippen LogP contribution in [0.5, 0.6) is 17.2 Å². The molecule has 0 bridgehead atoms. The van der Waals surface area contributed by atoms with Crippen LogP contribution in [-0.4, -0.2) is 55.7 Å². The van der Waals surface area contributed by atoms with E-state index in [0.717, 1.165) is 10.0 Å². The number of sulfonamides is 1. The predicted molar refractivity (Wildman–Crippen MR) is 102 cm³/mol. The summed E-state index contributed by atoms with van der Waals surface area (Å²) in [7, 11) is -3.51. The van der Waals surface area contributed by atoms with Gasteiger partial charge in [-0.1, -0.05) is 22.0 Å². The van der Waals surface area contributed by atoms with Crippen molar-refractivity contribution in [3.8, 4) is 17.2 Å². The number of hydrogen-bond acceptors (Lipinski definition) is 6. The van der Waals surface area contributed by atoms with Gasteiger partial charge >= 0.3 is 0 Å². The van der Waals surface area contributed by atoms with Gasteiger partial charge in [0, 0.05) is 48.8 Å². The van der Waals surface area contributed by atoms with Gasteiger partial charge in [0.15, 0.2) is 11.5 Å². The van der Waals surface area contributed by atoms with Gasteiger partial charge in [-0.25, -0.2) is 8.42 Å². The Hall–Kier alpha value is -1.81. The molecule has 1 fully saturated rings. The number of halogens is 1. The van der Waals surface area contributed by atoms with Gasteiger partial charge in [-0.15, -0.1) is 0 Å². The lowest BCUT2D eigenvalue weighted by Crippen LogP contribution is -2.48. The van der Waals surface area contributed by atoms with Crippen molar-refractivity contribution in [3.63, 3.8) is 0 Å². The molecule has 2 aliphatic rings. The summed E-state index contributed by atoms with van der Waals surface area (Å²) in [6, 6.07) is 10.1. The van der Waals surface area contributed by atoms with E-state index in [1.54, 1.807) is 36.4 Å². The molecule has 2 aromatic carbocycles. The van der Waals surface area contributed by atoms with Crippen LogP contribution in [0.15, 0.2) is 45.8 Å². The number of piperazine rings is 1. The van der Waals surface area contributed by atoms with Crippen LogP contribution in [0.3, 0.4) is 0 Å². The van der Waals surface area contributed by atoms with Gasteiger partial charge in [-0.05, 0) is 24.3 Å². The number of aromatic hydroxyl groups is 1. The number of hydrogen-bond donors (Lipinski definition) is 1. The third kappa shape index (κ3) is 3.77. The lowest BCUT2D eigenvalue weighted by molar-refractivity contribution is 0.173. The third-order valence-electron chi connectivity index (χ3n) is 4.73. The molecule has 144 valence electrons. The fraction of sp³-hybridized carbons (Fsp3) is 0.333. The Kier molecular flexibility index (Phi) is 5.02. The second-order valence-electron chi connectivity index (χ2n) is 6.47. The first-order valence-electron chi connectivity index (χ1n) is 8.53. The molecule has 1 N–H and O–H groups in total. The van der Waals surface area contributed by atoms with Gasteiger partial charge in [0.2, 0.25) is 16.8 Å². The normalized spacial score (nSPS) is 18.0. The molecule has 9 heteroatoms. The average Bonchev–Trinajstić information content (AvgIpc) is 3.09. The zero-order valence-electron chi connectivity index (χ0n) is 14.5. The van der Waals surface area contributed by atoms with Crippen molar-refractivity contribution in [3.05, 3.63) is 46.4 Å². The molecule has 0 spiro atoms. The molecule has 2 aromatic rings. The molecule has 27 heavy (non-hydrogen) atoms. The molecule has 0 atom stereocenters. The van der Waals surface area contributed by atoms with E-state index < -0.39 is 10.0 Å². The maximum absolute atomic E-state index is 12.8. The quantitative estimate of drug-likeness (QED) is 0.763. The zero-order valence-corrected chi connectivity index (χ0v) is 16.9. The van der Waals surface area contributed by atoms with Crippen LogP contribution in [0.2, 0.25) is 0 Å². The van der Waals surface area contributed by atoms with Gasteiger partial charge in [0.25, 0.3) is 0 Å². The van der Waals surface area contributed by atoms with E-state index in [-0.39, 0.29) is 12.5 Å². The minimum absolute atomic E-state index is 0.156. The first kappa shape index (κ1) is 18.5. The summed E-state index contributed by atoms with van der Waals surface area (Å²) < 4.78 is 38.5. The van der Waals surface area contributed by atoms with E-state index in [1.165, 1.54) is 4.31 Å². The molecule has 0 aliphatic carbocycles. The lowest BCUT2D eigenvalue weighted by atomic mass is 10.1. The Morgan fingerprint density at radius 3 is 2.44 bits per heavy atom. The molecule has 2 aliphatic heterocycles. The fourth-order valence-corrected chi connectivity index (χ4v) is 5.26. The Balaban J connectivity index is 1.42. The average molecular weight is 455 g/mol. The summed E-state index contributed by atoms with van der Waals surface area (Å²) in [5.41, 5.74) is 0.738. The van der Waals surface area contributed by atoms with Gasteiger partial charge in [0.1, 0.15) is 5.75 Å². The van der Waals surface area contributed by atoms with Crippen LogP contribution in [0, 0.1) is 0 Å². The van der Waals surface area contributed by atoms with E-state index in [9.17, 15) is 13.5 Å². The Morgan fingerprint density at radius 2 is 1.74 bits per heavy atom. The molecular weight excluding hydrogens is 436 g/mol. The molecule has 0 radical (unpaired) electrons. The van der Waals surface area contributed by atoms with Crippen molar-refractivity contribution >= 4 is 26.0 Å². The monoisotopic (exact) mass is 454 g/mol. The van der Waals surface area contributed by atoms with Gasteiger partial charge < -0.3 is 14.6 Å². The van der Waals surface area contributed by atoms with Crippen molar-refractivity contribution in [2.45, 2.75) is 11.4 Å². The second kappa shape index (κ2) is 7.31. The van der Waals surface area contributed by atoms with Crippen molar-refractivity contribution < 1.29 is 23.0 Å². The van der Waals surface area contributed by atoms with Gasteiger partial charge in [-0.2, -0.15) is 4.31 Å². The first-order valence-corrected chi connectivity index (χ1v) is 10.8. The number of benzene rings is 2. The van der Waals surface area contributed by atoms with Crippen LogP contribution in [0.1, 0.15) is 5.56 Å². The molecular formula is C18H19BrN2O5S. The van der Waals surface area contributed by atoms with Crippen molar-refractivity contribution in [2.75, 3.05) is 33.0 Å². The smallest absolute Gasteiger partial charge is 0.243 e. The van der Waals surface area contributed by atoms with Crippen molar-refractivity contribution in [1.29, 1.82) is 0 Å². The molecule has 7 nitrogen and oxygen atoms in total. The van der Waals surface area contributed by atoms with Crippen LogP contribution in [-0.2, 0) is 16.6 Å². The fourth-order valence-electron chi connectivity index (χ4n) is 3.25. The molecule has 0 amide bonds. The predicted octanol–water partition coefficient (Wildman–Crippen LogP) is 2.39. The van der Waals surface area contributed by atoms with Gasteiger partial charge in [-0.3, -0.25) is 4.90 Å². The molecule has 2 heterocycles. The summed E-state index contributed by atoms with van der Waals surface area (Å²) in [6.45, 7) is 2.65. The second-order valence-corrected chi connectivity index (χ2v) is 9.33. The van der Waals surface area contributed by atoms with Crippen LogP contribution < -0.4 is 9.47 Å². The minimum Gasteiger partial charge on any atom is -0.507 e. The SMILES string of the molecule is O=S(=O)(c1cccc(Br)c1)N1CCN(Cc2cc3c(cc2O)OCO3)CC1. The topological polar surface area (TPSA) is 79.3 Å². The Labute approximate surface area is 166 Å². The third-order valence-corrected chi connectivity index (χ3v) is 7.12. The Bertz CT molecular complexity index is 958. The Morgan fingerprint density at radius 1 is 1.04 bits per heavy atom. The summed E-state index contributed by atoms with van der Waals surface area (Å²) >= 11 is 3.32. The highest BCUT2D eigenvalue weighted by Crippen LogP contribution is 2.38. The highest BCUT2D eigenvalue weighted by atomic mass is 79.9. The zero-order chi connectivity index (χ0) is 19.0. The molecule has 0 aromatic heterocycles. The van der Waals surface area contributed by atoms with Crippen LogP contribution >= 0.6 is 15.9 Å².